The monoisotopic (exact) mass is 108 g/mol. The second-order valence-corrected chi connectivity index (χ2v) is 1.02. The molecule has 2 heteroatoms. The third-order valence-electron chi connectivity index (χ3n) is 0.566. The summed E-state index contributed by atoms with van der Waals surface area (Å²) in [6.45, 7) is 2.50. The number of rotatable bonds is 0. The first-order valence-electron chi connectivity index (χ1n) is 2.20. The second kappa shape index (κ2) is 5.82. The van der Waals surface area contributed by atoms with Gasteiger partial charge in [-0.3, -0.25) is 4.98 Å². The largest absolute Gasteiger partial charge is 0.317 e. The highest BCUT2D eigenvalue weighted by atomic mass is 14.6. The molecule has 0 unspecified atom stereocenters. The summed E-state index contributed by atoms with van der Waals surface area (Å²) >= 11 is 0. The highest BCUT2D eigenvalue weighted by Gasteiger charge is 1.58. The summed E-state index contributed by atoms with van der Waals surface area (Å²) in [6, 6.07) is 5.72. The van der Waals surface area contributed by atoms with Crippen LogP contribution in [0.4, 0.5) is 0 Å². The molecule has 1 rings (SSSR count). The third-order valence-corrected chi connectivity index (χ3v) is 0.566. The van der Waals surface area contributed by atoms with E-state index in [4.69, 9.17) is 5.41 Å². The van der Waals surface area contributed by atoms with Crippen LogP contribution in [0.1, 0.15) is 0 Å². The van der Waals surface area contributed by atoms with Gasteiger partial charge in [0.15, 0.2) is 0 Å². The Morgan fingerprint density at radius 3 is 1.62 bits per heavy atom. The van der Waals surface area contributed by atoms with Crippen molar-refractivity contribution < 1.29 is 0 Å². The normalized spacial score (nSPS) is 6.50. The molecule has 0 radical (unpaired) electrons. The predicted molar refractivity (Wildman–Crippen MR) is 34.1 cm³/mol. The lowest BCUT2D eigenvalue weighted by atomic mass is 10.5. The van der Waals surface area contributed by atoms with E-state index in [9.17, 15) is 0 Å². The first-order valence-corrected chi connectivity index (χ1v) is 2.20. The Hall–Kier alpha value is -1.18. The van der Waals surface area contributed by atoms with E-state index in [1.807, 2.05) is 18.2 Å². The van der Waals surface area contributed by atoms with Crippen LogP contribution < -0.4 is 0 Å². The summed E-state index contributed by atoms with van der Waals surface area (Å²) in [5.74, 6) is 0. The quantitative estimate of drug-likeness (QED) is 0.500. The molecule has 0 bridgehead atoms. The zero-order valence-corrected chi connectivity index (χ0v) is 4.54. The molecule has 42 valence electrons. The van der Waals surface area contributed by atoms with Crippen molar-refractivity contribution >= 4 is 6.72 Å². The molecular weight excluding hydrogens is 100 g/mol. The van der Waals surface area contributed by atoms with Gasteiger partial charge in [-0.15, -0.1) is 0 Å². The van der Waals surface area contributed by atoms with Gasteiger partial charge in [0.05, 0.1) is 0 Å². The molecule has 1 heterocycles. The van der Waals surface area contributed by atoms with E-state index >= 15 is 0 Å². The van der Waals surface area contributed by atoms with Crippen molar-refractivity contribution in [2.75, 3.05) is 0 Å². The minimum absolute atomic E-state index is 1.75. The van der Waals surface area contributed by atoms with Crippen molar-refractivity contribution in [1.29, 1.82) is 5.41 Å². The fourth-order valence-electron chi connectivity index (χ4n) is 0.313. The van der Waals surface area contributed by atoms with Crippen LogP contribution in [0.15, 0.2) is 30.6 Å². The van der Waals surface area contributed by atoms with E-state index in [0.717, 1.165) is 0 Å². The molecule has 0 atom stereocenters. The van der Waals surface area contributed by atoms with E-state index < -0.39 is 0 Å². The minimum Gasteiger partial charge on any atom is -0.317 e. The molecule has 0 aliphatic heterocycles. The number of aromatic nitrogens is 1. The first-order chi connectivity index (χ1) is 4.00. The van der Waals surface area contributed by atoms with Gasteiger partial charge in [0.25, 0.3) is 0 Å². The SMILES string of the molecule is C=N.c1ccncc1. The van der Waals surface area contributed by atoms with E-state index in [2.05, 4.69) is 11.7 Å². The fraction of sp³-hybridized carbons (Fsp3) is 0. The highest BCUT2D eigenvalue weighted by Crippen LogP contribution is 1.73. The molecule has 0 aliphatic rings. The fourth-order valence-corrected chi connectivity index (χ4v) is 0.313. The highest BCUT2D eigenvalue weighted by molar-refractivity contribution is 5.15. The van der Waals surface area contributed by atoms with Crippen LogP contribution in [0.5, 0.6) is 0 Å². The van der Waals surface area contributed by atoms with Crippen LogP contribution in [-0.2, 0) is 0 Å². The van der Waals surface area contributed by atoms with Gasteiger partial charge in [0, 0.05) is 12.4 Å². The first kappa shape index (κ1) is 6.82. The number of nitrogens with zero attached hydrogens (tertiary/aromatic N) is 1. The summed E-state index contributed by atoms with van der Waals surface area (Å²) in [4.78, 5) is 3.78. The van der Waals surface area contributed by atoms with Gasteiger partial charge in [-0.05, 0) is 18.9 Å². The third kappa shape index (κ3) is 3.03. The van der Waals surface area contributed by atoms with Crippen LogP contribution in [-0.4, -0.2) is 11.7 Å². The van der Waals surface area contributed by atoms with E-state index in [-0.39, 0.29) is 0 Å². The van der Waals surface area contributed by atoms with Crippen LogP contribution in [0, 0.1) is 5.41 Å². The summed E-state index contributed by atoms with van der Waals surface area (Å²) < 4.78 is 0. The van der Waals surface area contributed by atoms with Crippen LogP contribution in [0.2, 0.25) is 0 Å². The zero-order valence-electron chi connectivity index (χ0n) is 4.54. The molecule has 0 saturated heterocycles. The van der Waals surface area contributed by atoms with Gasteiger partial charge in [0.2, 0.25) is 0 Å². The van der Waals surface area contributed by atoms with Crippen LogP contribution in [0.25, 0.3) is 0 Å². The Balaban J connectivity index is 0.000000222. The van der Waals surface area contributed by atoms with Crippen molar-refractivity contribution in [3.63, 3.8) is 0 Å². The second-order valence-electron chi connectivity index (χ2n) is 1.02. The number of pyridine rings is 1. The van der Waals surface area contributed by atoms with Crippen molar-refractivity contribution in [2.24, 2.45) is 0 Å². The Morgan fingerprint density at radius 1 is 1.00 bits per heavy atom. The average molecular weight is 108 g/mol. The van der Waals surface area contributed by atoms with Crippen molar-refractivity contribution in [1.82, 2.24) is 4.98 Å². The molecule has 0 aromatic carbocycles. The smallest absolute Gasteiger partial charge is 0.0267 e. The Morgan fingerprint density at radius 2 is 1.50 bits per heavy atom. The number of nitrogens with one attached hydrogen (secondary N) is 1. The molecule has 0 fully saturated rings. The zero-order chi connectivity index (χ0) is 6.24. The minimum atomic E-state index is 1.75. The van der Waals surface area contributed by atoms with Crippen molar-refractivity contribution in [3.8, 4) is 0 Å². The van der Waals surface area contributed by atoms with E-state index in [1.54, 1.807) is 12.4 Å². The molecule has 8 heavy (non-hydrogen) atoms. The molecule has 0 saturated carbocycles. The van der Waals surface area contributed by atoms with Crippen LogP contribution in [0.3, 0.4) is 0 Å². The van der Waals surface area contributed by atoms with E-state index in [0.29, 0.717) is 0 Å². The van der Waals surface area contributed by atoms with Crippen LogP contribution >= 0.6 is 0 Å². The maximum Gasteiger partial charge on any atom is 0.0267 e. The van der Waals surface area contributed by atoms with Crippen molar-refractivity contribution in [3.05, 3.63) is 30.6 Å². The molecule has 2 nitrogen and oxygen atoms in total. The Kier molecular flexibility index (Phi) is 4.96. The number of hydrogen-bond acceptors (Lipinski definition) is 2. The van der Waals surface area contributed by atoms with Gasteiger partial charge >= 0.3 is 0 Å². The van der Waals surface area contributed by atoms with E-state index in [1.165, 1.54) is 0 Å². The molecule has 1 aromatic heterocycles. The molecule has 0 spiro atoms. The Bertz CT molecular complexity index is 89.4. The summed E-state index contributed by atoms with van der Waals surface area (Å²) in [5.41, 5.74) is 0. The topological polar surface area (TPSA) is 36.7 Å². The maximum absolute atomic E-state index is 5.50. The maximum atomic E-state index is 5.50. The lowest BCUT2D eigenvalue weighted by Crippen LogP contribution is -1.58. The predicted octanol–water partition coefficient (Wildman–Crippen LogP) is 1.35. The van der Waals surface area contributed by atoms with Gasteiger partial charge < -0.3 is 5.41 Å². The van der Waals surface area contributed by atoms with Gasteiger partial charge in [-0.1, -0.05) is 6.07 Å². The molecule has 0 amide bonds. The lowest BCUT2D eigenvalue weighted by Gasteiger charge is -1.70. The summed E-state index contributed by atoms with van der Waals surface area (Å²) in [5, 5.41) is 5.50. The van der Waals surface area contributed by atoms with Gasteiger partial charge in [-0.25, -0.2) is 0 Å². The molecule has 1 N–H and O–H groups in total. The standard InChI is InChI=1S/C5H5N.CH3N/c1-2-4-6-5-3-1;1-2/h1-5H;2H,1H2. The summed E-state index contributed by atoms with van der Waals surface area (Å²) in [6.07, 6.45) is 3.50. The van der Waals surface area contributed by atoms with Gasteiger partial charge in [-0.2, -0.15) is 0 Å². The molecule has 1 aromatic rings. The summed E-state index contributed by atoms with van der Waals surface area (Å²) in [7, 11) is 0. The lowest BCUT2D eigenvalue weighted by molar-refractivity contribution is 1.33. The molecule has 0 aliphatic carbocycles. The van der Waals surface area contributed by atoms with Crippen molar-refractivity contribution in [2.45, 2.75) is 0 Å². The molecular formula is C6H8N2. The van der Waals surface area contributed by atoms with Gasteiger partial charge in [0.1, 0.15) is 0 Å². The Labute approximate surface area is 48.7 Å². The number of hydrogen-bond donors (Lipinski definition) is 1. The average Bonchev–Trinajstić information content (AvgIpc) is 1.96.